The average molecular weight is 299 g/mol. The molecule has 0 saturated carbocycles. The number of thiophene rings is 1. The van der Waals surface area contributed by atoms with Gasteiger partial charge in [-0.25, -0.2) is 8.42 Å². The van der Waals surface area contributed by atoms with Gasteiger partial charge in [0.05, 0.1) is 5.41 Å². The summed E-state index contributed by atoms with van der Waals surface area (Å²) in [5.74, 6) is -0.492. The maximum atomic E-state index is 12.3. The summed E-state index contributed by atoms with van der Waals surface area (Å²) in [6.07, 6.45) is 0.415. The van der Waals surface area contributed by atoms with Crippen LogP contribution in [0.2, 0.25) is 0 Å². The van der Waals surface area contributed by atoms with Crippen LogP contribution in [0.1, 0.15) is 18.2 Å². The zero-order valence-corrected chi connectivity index (χ0v) is 11.9. The molecule has 2 heterocycles. The third-order valence-corrected chi connectivity index (χ3v) is 6.62. The minimum absolute atomic E-state index is 0.0878. The van der Waals surface area contributed by atoms with Crippen LogP contribution in [0.4, 0.5) is 0 Å². The summed E-state index contributed by atoms with van der Waals surface area (Å²) >= 11 is 0.928. The summed E-state index contributed by atoms with van der Waals surface area (Å²) in [5, 5.41) is 8.73. The highest BCUT2D eigenvalue weighted by Crippen LogP contribution is 2.34. The molecule has 0 aliphatic carbocycles. The van der Waals surface area contributed by atoms with E-state index < -0.39 is 21.3 Å². The van der Waals surface area contributed by atoms with E-state index in [1.165, 1.54) is 16.4 Å². The van der Waals surface area contributed by atoms with E-state index in [-0.39, 0.29) is 17.3 Å². The molecular weight excluding hydrogens is 286 g/mol. The summed E-state index contributed by atoms with van der Waals surface area (Å²) in [5.41, 5.74) is 4.48. The zero-order valence-electron chi connectivity index (χ0n) is 10.3. The number of sulfonamides is 1. The second-order valence-corrected chi connectivity index (χ2v) is 7.99. The molecule has 2 N–H and O–H groups in total. The van der Waals surface area contributed by atoms with Gasteiger partial charge in [-0.15, -0.1) is 11.3 Å². The van der Waals surface area contributed by atoms with Gasteiger partial charge in [-0.2, -0.15) is 9.57 Å². The molecule has 1 aromatic heterocycles. The van der Waals surface area contributed by atoms with Gasteiger partial charge in [-0.1, -0.05) is 0 Å². The van der Waals surface area contributed by atoms with E-state index >= 15 is 0 Å². The maximum Gasteiger partial charge on any atom is 0.252 e. The monoisotopic (exact) mass is 299 g/mol. The molecular formula is C11H13N3O3S2. The molecule has 1 saturated heterocycles. The summed E-state index contributed by atoms with van der Waals surface area (Å²) in [7, 11) is -3.64. The first-order valence-corrected chi connectivity index (χ1v) is 7.85. The van der Waals surface area contributed by atoms with Gasteiger partial charge in [-0.3, -0.25) is 4.79 Å². The third-order valence-electron chi connectivity index (χ3n) is 3.32. The number of primary amides is 1. The fraction of sp³-hybridized carbons (Fsp3) is 0.455. The van der Waals surface area contributed by atoms with Crippen LogP contribution in [-0.4, -0.2) is 31.7 Å². The summed E-state index contributed by atoms with van der Waals surface area (Å²) < 4.78 is 26.1. The molecule has 1 aliphatic heterocycles. The van der Waals surface area contributed by atoms with Crippen LogP contribution in [0.5, 0.6) is 0 Å². The highest BCUT2D eigenvalue weighted by Gasteiger charge is 2.43. The van der Waals surface area contributed by atoms with Crippen molar-refractivity contribution in [2.45, 2.75) is 17.6 Å². The SMILES string of the molecule is CC1(C(N)=O)CCN(S(=O)(=O)c2ccc(C#N)s2)C1. The van der Waals surface area contributed by atoms with Crippen LogP contribution in [0.15, 0.2) is 16.3 Å². The van der Waals surface area contributed by atoms with E-state index in [2.05, 4.69) is 0 Å². The fourth-order valence-corrected chi connectivity index (χ4v) is 4.79. The second-order valence-electron chi connectivity index (χ2n) is 4.74. The lowest BCUT2D eigenvalue weighted by molar-refractivity contribution is -0.126. The average Bonchev–Trinajstić information content (AvgIpc) is 2.96. The minimum Gasteiger partial charge on any atom is -0.369 e. The molecule has 1 unspecified atom stereocenters. The highest BCUT2D eigenvalue weighted by atomic mass is 32.2. The van der Waals surface area contributed by atoms with Gasteiger partial charge in [0.2, 0.25) is 5.91 Å². The largest absolute Gasteiger partial charge is 0.369 e. The molecule has 1 aliphatic rings. The number of amides is 1. The molecule has 1 atom stereocenters. The Kier molecular flexibility index (Phi) is 3.38. The fourth-order valence-electron chi connectivity index (χ4n) is 1.97. The van der Waals surface area contributed by atoms with Crippen LogP contribution >= 0.6 is 11.3 Å². The van der Waals surface area contributed by atoms with Crippen molar-refractivity contribution < 1.29 is 13.2 Å². The Balaban J connectivity index is 2.28. The predicted molar refractivity (Wildman–Crippen MR) is 69.7 cm³/mol. The Bertz CT molecular complexity index is 659. The van der Waals surface area contributed by atoms with E-state index in [4.69, 9.17) is 11.0 Å². The molecule has 0 radical (unpaired) electrons. The van der Waals surface area contributed by atoms with Gasteiger partial charge in [0, 0.05) is 13.1 Å². The van der Waals surface area contributed by atoms with E-state index in [1.54, 1.807) is 6.92 Å². The minimum atomic E-state index is -3.64. The van der Waals surface area contributed by atoms with Crippen LogP contribution in [0, 0.1) is 16.7 Å². The zero-order chi connectivity index (χ0) is 14.3. The molecule has 19 heavy (non-hydrogen) atoms. The lowest BCUT2D eigenvalue weighted by atomic mass is 9.89. The highest BCUT2D eigenvalue weighted by molar-refractivity contribution is 7.91. The lowest BCUT2D eigenvalue weighted by Gasteiger charge is -2.20. The number of carbonyl (C=O) groups excluding carboxylic acids is 1. The smallest absolute Gasteiger partial charge is 0.252 e. The van der Waals surface area contributed by atoms with Gasteiger partial charge in [0.1, 0.15) is 15.2 Å². The molecule has 2 rings (SSSR count). The second kappa shape index (κ2) is 4.59. The Labute approximate surface area is 115 Å². The van der Waals surface area contributed by atoms with E-state index in [9.17, 15) is 13.2 Å². The van der Waals surface area contributed by atoms with Crippen molar-refractivity contribution in [3.05, 3.63) is 17.0 Å². The number of hydrogen-bond donors (Lipinski definition) is 1. The molecule has 8 heteroatoms. The standard InChI is InChI=1S/C11H13N3O3S2/c1-11(10(13)15)4-5-14(7-11)19(16,17)9-3-2-8(6-12)18-9/h2-3H,4-5,7H2,1H3,(H2,13,15). The van der Waals surface area contributed by atoms with Crippen molar-refractivity contribution in [2.75, 3.05) is 13.1 Å². The quantitative estimate of drug-likeness (QED) is 0.877. The topological polar surface area (TPSA) is 104 Å². The molecule has 1 amide bonds. The molecule has 102 valence electrons. The normalized spacial score (nSPS) is 24.2. The first-order chi connectivity index (χ1) is 8.79. The molecule has 1 aromatic rings. The van der Waals surface area contributed by atoms with Crippen molar-refractivity contribution in [1.29, 1.82) is 5.26 Å². The number of hydrogen-bond acceptors (Lipinski definition) is 5. The van der Waals surface area contributed by atoms with Crippen molar-refractivity contribution in [3.8, 4) is 6.07 Å². The lowest BCUT2D eigenvalue weighted by Crippen LogP contribution is -2.38. The molecule has 6 nitrogen and oxygen atoms in total. The molecule has 0 aromatic carbocycles. The summed E-state index contributed by atoms with van der Waals surface area (Å²) in [4.78, 5) is 11.7. The summed E-state index contributed by atoms with van der Waals surface area (Å²) in [6, 6.07) is 4.79. The van der Waals surface area contributed by atoms with E-state index in [1.807, 2.05) is 6.07 Å². The Morgan fingerprint density at radius 3 is 2.74 bits per heavy atom. The van der Waals surface area contributed by atoms with Crippen LogP contribution in [0.25, 0.3) is 0 Å². The van der Waals surface area contributed by atoms with Crippen LogP contribution in [0.3, 0.4) is 0 Å². The Hall–Kier alpha value is -1.43. The Morgan fingerprint density at radius 1 is 1.58 bits per heavy atom. The number of carbonyl (C=O) groups is 1. The van der Waals surface area contributed by atoms with Gasteiger partial charge in [0.25, 0.3) is 10.0 Å². The maximum absolute atomic E-state index is 12.3. The van der Waals surface area contributed by atoms with Crippen molar-refractivity contribution in [3.63, 3.8) is 0 Å². The molecule has 0 spiro atoms. The number of nitriles is 1. The number of nitrogens with zero attached hydrogens (tertiary/aromatic N) is 2. The number of rotatable bonds is 3. The van der Waals surface area contributed by atoms with Gasteiger partial charge in [0.15, 0.2) is 0 Å². The van der Waals surface area contributed by atoms with E-state index in [0.29, 0.717) is 11.3 Å². The van der Waals surface area contributed by atoms with Gasteiger partial charge >= 0.3 is 0 Å². The van der Waals surface area contributed by atoms with Crippen molar-refractivity contribution >= 4 is 27.3 Å². The van der Waals surface area contributed by atoms with Gasteiger partial charge in [-0.05, 0) is 25.5 Å². The predicted octanol–water partition coefficient (Wildman–Crippen LogP) is 0.506. The van der Waals surface area contributed by atoms with Crippen molar-refractivity contribution in [1.82, 2.24) is 4.31 Å². The number of nitrogens with two attached hydrogens (primary N) is 1. The van der Waals surface area contributed by atoms with Crippen LogP contribution < -0.4 is 5.73 Å². The first-order valence-electron chi connectivity index (χ1n) is 5.59. The summed E-state index contributed by atoms with van der Waals surface area (Å²) in [6.45, 7) is 2.02. The molecule has 1 fully saturated rings. The van der Waals surface area contributed by atoms with E-state index in [0.717, 1.165) is 11.3 Å². The van der Waals surface area contributed by atoms with Crippen molar-refractivity contribution in [2.24, 2.45) is 11.1 Å². The Morgan fingerprint density at radius 2 is 2.26 bits per heavy atom. The first kappa shape index (κ1) is 14.0. The van der Waals surface area contributed by atoms with Gasteiger partial charge < -0.3 is 5.73 Å². The third kappa shape index (κ3) is 2.36. The van der Waals surface area contributed by atoms with Crippen LogP contribution in [-0.2, 0) is 14.8 Å². The molecule has 0 bridgehead atoms.